The summed E-state index contributed by atoms with van der Waals surface area (Å²) in [6.45, 7) is 3.83. The molecule has 0 spiro atoms. The number of aromatic nitrogens is 2. The molecule has 26 heavy (non-hydrogen) atoms. The molecule has 2 aromatic carbocycles. The topological polar surface area (TPSA) is 99.2 Å². The van der Waals surface area contributed by atoms with Crippen molar-refractivity contribution in [3.8, 4) is 5.75 Å². The van der Waals surface area contributed by atoms with Crippen LogP contribution in [0.2, 0.25) is 0 Å². The third kappa shape index (κ3) is 3.32. The lowest BCUT2D eigenvalue weighted by Crippen LogP contribution is -2.23. The number of hydrogen-bond donors (Lipinski definition) is 2. The molecule has 3 rings (SSSR count). The van der Waals surface area contributed by atoms with Gasteiger partial charge in [0.05, 0.1) is 23.4 Å². The molecule has 8 heteroatoms. The van der Waals surface area contributed by atoms with Crippen molar-refractivity contribution in [1.82, 2.24) is 8.96 Å². The van der Waals surface area contributed by atoms with Crippen LogP contribution in [0.5, 0.6) is 5.75 Å². The van der Waals surface area contributed by atoms with E-state index in [1.165, 1.54) is 0 Å². The Morgan fingerprint density at radius 2 is 2.00 bits per heavy atom. The minimum Gasteiger partial charge on any atom is -0.497 e. The molecule has 1 heterocycles. The van der Waals surface area contributed by atoms with Gasteiger partial charge in [-0.3, -0.25) is 0 Å². The van der Waals surface area contributed by atoms with Crippen LogP contribution in [0.1, 0.15) is 19.4 Å². The van der Waals surface area contributed by atoms with Crippen molar-refractivity contribution < 1.29 is 13.2 Å². The van der Waals surface area contributed by atoms with Gasteiger partial charge in [0.25, 0.3) is 0 Å². The Balaban J connectivity index is 1.88. The first-order valence-electron chi connectivity index (χ1n) is 8.22. The third-order valence-corrected chi connectivity index (χ3v) is 6.20. The Morgan fingerprint density at radius 3 is 2.69 bits per heavy atom. The number of imidazole rings is 1. The molecule has 3 aromatic rings. The molecular weight excluding hydrogens is 352 g/mol. The Labute approximate surface area is 152 Å². The van der Waals surface area contributed by atoms with Crippen molar-refractivity contribution in [2.75, 3.05) is 18.2 Å². The largest absolute Gasteiger partial charge is 0.497 e. The van der Waals surface area contributed by atoms with E-state index in [9.17, 15) is 8.42 Å². The number of nitrogens with two attached hydrogens (primary N) is 1. The summed E-state index contributed by atoms with van der Waals surface area (Å²) in [5.41, 5.74) is 8.76. The van der Waals surface area contributed by atoms with Gasteiger partial charge in [0.2, 0.25) is 16.0 Å². The van der Waals surface area contributed by atoms with Gasteiger partial charge in [0, 0.05) is 12.2 Å². The van der Waals surface area contributed by atoms with E-state index in [1.807, 2.05) is 30.3 Å². The number of rotatable bonds is 6. The van der Waals surface area contributed by atoms with Crippen LogP contribution in [0, 0.1) is 0 Å². The summed E-state index contributed by atoms with van der Waals surface area (Å²) in [4.78, 5) is 4.21. The lowest BCUT2D eigenvalue weighted by molar-refractivity contribution is 0.414. The summed E-state index contributed by atoms with van der Waals surface area (Å²) >= 11 is 0. The first kappa shape index (κ1) is 18.1. The fourth-order valence-corrected chi connectivity index (χ4v) is 3.80. The molecule has 138 valence electrons. The molecule has 0 aliphatic rings. The molecule has 0 radical (unpaired) electrons. The molecule has 0 atom stereocenters. The van der Waals surface area contributed by atoms with E-state index in [2.05, 4.69) is 10.3 Å². The lowest BCUT2D eigenvalue weighted by atomic mass is 10.2. The lowest BCUT2D eigenvalue weighted by Gasteiger charge is -2.11. The van der Waals surface area contributed by atoms with Crippen molar-refractivity contribution in [3.63, 3.8) is 0 Å². The maximum absolute atomic E-state index is 12.5. The van der Waals surface area contributed by atoms with Crippen molar-refractivity contribution in [3.05, 3.63) is 48.0 Å². The zero-order valence-electron chi connectivity index (χ0n) is 14.9. The van der Waals surface area contributed by atoms with E-state index in [1.54, 1.807) is 33.1 Å². The highest BCUT2D eigenvalue weighted by atomic mass is 32.2. The number of methoxy groups -OCH3 is 1. The molecule has 0 aliphatic carbocycles. The number of benzene rings is 2. The fraction of sp³-hybridized carbons (Fsp3) is 0.278. The molecular formula is C18H22N4O3S. The van der Waals surface area contributed by atoms with Gasteiger partial charge < -0.3 is 15.8 Å². The van der Waals surface area contributed by atoms with Gasteiger partial charge in [0.15, 0.2) is 0 Å². The highest BCUT2D eigenvalue weighted by Crippen LogP contribution is 2.25. The normalized spacial score (nSPS) is 11.8. The Hall–Kier alpha value is -2.74. The van der Waals surface area contributed by atoms with Gasteiger partial charge >= 0.3 is 0 Å². The molecule has 0 unspecified atom stereocenters. The Kier molecular flexibility index (Phi) is 4.78. The number of ether oxygens (including phenoxy) is 1. The average molecular weight is 374 g/mol. The average Bonchev–Trinajstić information content (AvgIpc) is 2.95. The highest BCUT2D eigenvalue weighted by Gasteiger charge is 2.24. The number of nitrogens with zero attached hydrogens (tertiary/aromatic N) is 2. The molecule has 0 amide bonds. The number of nitrogens with one attached hydrogen (secondary N) is 1. The molecule has 1 aromatic heterocycles. The fourth-order valence-electron chi connectivity index (χ4n) is 2.65. The summed E-state index contributed by atoms with van der Waals surface area (Å²) in [7, 11) is -1.94. The third-order valence-electron chi connectivity index (χ3n) is 4.12. The van der Waals surface area contributed by atoms with Crippen molar-refractivity contribution in [1.29, 1.82) is 0 Å². The van der Waals surface area contributed by atoms with E-state index in [0.29, 0.717) is 17.6 Å². The standard InChI is InChI=1S/C18H22N4O3S/c1-12(2)26(23,24)22-17-8-7-14(10-16(17)21-18(22)19)20-11-13-5-4-6-15(9-13)25-3/h4-10,12,20H,11H2,1-3H3,(H2,19,21). The summed E-state index contributed by atoms with van der Waals surface area (Å²) in [6.07, 6.45) is 0. The number of nitrogen functional groups attached to an aromatic ring is 1. The molecule has 0 saturated heterocycles. The molecule has 7 nitrogen and oxygen atoms in total. The minimum absolute atomic E-state index is 0.0290. The van der Waals surface area contributed by atoms with Crippen molar-refractivity contribution >= 4 is 32.7 Å². The van der Waals surface area contributed by atoms with E-state index in [-0.39, 0.29) is 5.95 Å². The minimum atomic E-state index is -3.57. The van der Waals surface area contributed by atoms with Crippen molar-refractivity contribution in [2.45, 2.75) is 25.6 Å². The monoisotopic (exact) mass is 374 g/mol. The molecule has 0 fully saturated rings. The van der Waals surface area contributed by atoms with Gasteiger partial charge in [-0.15, -0.1) is 0 Å². The SMILES string of the molecule is COc1cccc(CNc2ccc3c(c2)nc(N)n3S(=O)(=O)C(C)C)c1. The second kappa shape index (κ2) is 6.87. The first-order valence-corrected chi connectivity index (χ1v) is 9.72. The molecule has 0 saturated carbocycles. The summed E-state index contributed by atoms with van der Waals surface area (Å²) in [5, 5.41) is 2.71. The van der Waals surface area contributed by atoms with Crippen LogP contribution in [0.25, 0.3) is 11.0 Å². The van der Waals surface area contributed by atoms with Gasteiger partial charge in [0.1, 0.15) is 5.75 Å². The van der Waals surface area contributed by atoms with Crippen LogP contribution in [-0.4, -0.2) is 29.7 Å². The first-order chi connectivity index (χ1) is 12.3. The van der Waals surface area contributed by atoms with Crippen LogP contribution < -0.4 is 15.8 Å². The zero-order chi connectivity index (χ0) is 18.9. The molecule has 0 bridgehead atoms. The maximum atomic E-state index is 12.5. The quantitative estimate of drug-likeness (QED) is 0.688. The van der Waals surface area contributed by atoms with E-state index < -0.39 is 15.3 Å². The predicted molar refractivity (Wildman–Crippen MR) is 104 cm³/mol. The predicted octanol–water partition coefficient (Wildman–Crippen LogP) is 2.83. The van der Waals surface area contributed by atoms with Crippen LogP contribution in [0.4, 0.5) is 11.6 Å². The second-order valence-electron chi connectivity index (χ2n) is 6.24. The van der Waals surface area contributed by atoms with Gasteiger partial charge in [-0.05, 0) is 49.7 Å². The van der Waals surface area contributed by atoms with Gasteiger partial charge in [-0.25, -0.2) is 17.4 Å². The summed E-state index contributed by atoms with van der Waals surface area (Å²) in [6, 6.07) is 13.1. The number of anilines is 2. The van der Waals surface area contributed by atoms with Gasteiger partial charge in [-0.2, -0.15) is 0 Å². The van der Waals surface area contributed by atoms with Crippen molar-refractivity contribution in [2.24, 2.45) is 0 Å². The number of fused-ring (bicyclic) bond motifs is 1. The summed E-state index contributed by atoms with van der Waals surface area (Å²) in [5.74, 6) is 0.767. The maximum Gasteiger partial charge on any atom is 0.244 e. The second-order valence-corrected chi connectivity index (χ2v) is 8.57. The number of hydrogen-bond acceptors (Lipinski definition) is 6. The molecule has 0 aliphatic heterocycles. The zero-order valence-corrected chi connectivity index (χ0v) is 15.7. The Morgan fingerprint density at radius 1 is 1.23 bits per heavy atom. The van der Waals surface area contributed by atoms with E-state index >= 15 is 0 Å². The van der Waals surface area contributed by atoms with Crippen LogP contribution >= 0.6 is 0 Å². The Bertz CT molecular complexity index is 1040. The van der Waals surface area contributed by atoms with E-state index in [4.69, 9.17) is 10.5 Å². The van der Waals surface area contributed by atoms with Crippen LogP contribution in [0.3, 0.4) is 0 Å². The van der Waals surface area contributed by atoms with Crippen LogP contribution in [0.15, 0.2) is 42.5 Å². The smallest absolute Gasteiger partial charge is 0.244 e. The van der Waals surface area contributed by atoms with Gasteiger partial charge in [-0.1, -0.05) is 12.1 Å². The molecule has 3 N–H and O–H groups in total. The highest BCUT2D eigenvalue weighted by molar-refractivity contribution is 7.90. The van der Waals surface area contributed by atoms with Crippen LogP contribution in [-0.2, 0) is 16.6 Å². The van der Waals surface area contributed by atoms with E-state index in [0.717, 1.165) is 21.0 Å². The summed E-state index contributed by atoms with van der Waals surface area (Å²) < 4.78 is 31.3.